The van der Waals surface area contributed by atoms with Crippen LogP contribution in [0.3, 0.4) is 0 Å². The van der Waals surface area contributed by atoms with Crippen LogP contribution in [-0.4, -0.2) is 36.4 Å². The molecular formula is C10H15ClF4N2O. The number of alkyl halides is 4. The molecule has 8 heteroatoms. The van der Waals surface area contributed by atoms with Gasteiger partial charge in [-0.3, -0.25) is 4.79 Å². The second kappa shape index (κ2) is 5.61. The Morgan fingerprint density at radius 2 is 1.72 bits per heavy atom. The van der Waals surface area contributed by atoms with Crippen LogP contribution in [-0.2, 0) is 4.79 Å². The lowest BCUT2D eigenvalue weighted by atomic mass is 9.99. The van der Waals surface area contributed by atoms with Crippen LogP contribution in [0, 0.1) is 0 Å². The molecule has 2 rings (SSSR count). The minimum atomic E-state index is -4.59. The van der Waals surface area contributed by atoms with Gasteiger partial charge in [0.25, 0.3) is 5.91 Å². The Balaban J connectivity index is 0.00000162. The summed E-state index contributed by atoms with van der Waals surface area (Å²) in [6.45, 7) is 0. The number of carbonyl (C=O) groups is 1. The van der Waals surface area contributed by atoms with Crippen LogP contribution in [0.15, 0.2) is 0 Å². The number of fused-ring (bicyclic) bond motifs is 2. The highest BCUT2D eigenvalue weighted by molar-refractivity contribution is 5.85. The minimum absolute atomic E-state index is 0. The molecule has 2 unspecified atom stereocenters. The Labute approximate surface area is 108 Å². The molecule has 3 nitrogen and oxygen atoms in total. The monoisotopic (exact) mass is 290 g/mol. The molecule has 2 saturated heterocycles. The van der Waals surface area contributed by atoms with Crippen molar-refractivity contribution >= 4 is 18.3 Å². The largest absolute Gasteiger partial charge is 0.383 e. The van der Waals surface area contributed by atoms with E-state index in [2.05, 4.69) is 5.32 Å². The molecular weight excluding hydrogens is 276 g/mol. The molecule has 0 spiro atoms. The molecule has 0 radical (unpaired) electrons. The summed E-state index contributed by atoms with van der Waals surface area (Å²) in [5.74, 6) is -6.46. The van der Waals surface area contributed by atoms with E-state index in [1.54, 1.807) is 0 Å². The number of hydrogen-bond acceptors (Lipinski definition) is 2. The topological polar surface area (TPSA) is 41.1 Å². The van der Waals surface area contributed by atoms with Gasteiger partial charge in [-0.25, -0.2) is 8.78 Å². The number of amides is 1. The molecule has 2 heterocycles. The average Bonchev–Trinajstić information content (AvgIpc) is 2.57. The van der Waals surface area contributed by atoms with Crippen LogP contribution in [0.1, 0.15) is 25.7 Å². The summed E-state index contributed by atoms with van der Waals surface area (Å²) in [4.78, 5) is 11.0. The van der Waals surface area contributed by atoms with Crippen LogP contribution < -0.4 is 10.6 Å². The second-order valence-electron chi connectivity index (χ2n) is 4.70. The maximum atomic E-state index is 12.7. The third-order valence-corrected chi connectivity index (χ3v) is 3.39. The summed E-state index contributed by atoms with van der Waals surface area (Å²) in [7, 11) is 0. The van der Waals surface area contributed by atoms with Gasteiger partial charge < -0.3 is 10.6 Å². The van der Waals surface area contributed by atoms with Crippen molar-refractivity contribution < 1.29 is 22.4 Å². The van der Waals surface area contributed by atoms with E-state index >= 15 is 0 Å². The first kappa shape index (κ1) is 15.5. The molecule has 2 N–H and O–H groups in total. The molecule has 1 amide bonds. The summed E-state index contributed by atoms with van der Waals surface area (Å²) in [6, 6.07) is -0.00989. The molecule has 0 aromatic carbocycles. The van der Waals surface area contributed by atoms with E-state index in [0.29, 0.717) is 12.8 Å². The molecule has 2 aliphatic rings. The van der Waals surface area contributed by atoms with Gasteiger partial charge >= 0.3 is 12.3 Å². The predicted molar refractivity (Wildman–Crippen MR) is 59.3 cm³/mol. The van der Waals surface area contributed by atoms with Crippen molar-refractivity contribution in [2.45, 2.75) is 56.2 Å². The third-order valence-electron chi connectivity index (χ3n) is 3.39. The van der Waals surface area contributed by atoms with Crippen molar-refractivity contribution in [3.8, 4) is 0 Å². The molecule has 0 saturated carbocycles. The Bertz CT molecular complexity index is 304. The zero-order valence-electron chi connectivity index (χ0n) is 9.47. The van der Waals surface area contributed by atoms with Crippen molar-refractivity contribution in [1.82, 2.24) is 10.6 Å². The molecule has 106 valence electrons. The Morgan fingerprint density at radius 1 is 1.22 bits per heavy atom. The molecule has 0 aromatic rings. The van der Waals surface area contributed by atoms with Gasteiger partial charge in [-0.1, -0.05) is 0 Å². The first-order valence-electron chi connectivity index (χ1n) is 5.62. The van der Waals surface area contributed by atoms with Crippen LogP contribution in [0.4, 0.5) is 17.6 Å². The van der Waals surface area contributed by atoms with Crippen molar-refractivity contribution in [2.75, 3.05) is 0 Å². The molecule has 2 atom stereocenters. The fourth-order valence-electron chi connectivity index (χ4n) is 2.56. The lowest BCUT2D eigenvalue weighted by Crippen LogP contribution is -2.53. The lowest BCUT2D eigenvalue weighted by Gasteiger charge is -2.30. The van der Waals surface area contributed by atoms with E-state index in [1.165, 1.54) is 0 Å². The van der Waals surface area contributed by atoms with Gasteiger partial charge in [0.05, 0.1) is 0 Å². The predicted octanol–water partition coefficient (Wildman–Crippen LogP) is 1.71. The van der Waals surface area contributed by atoms with Crippen molar-refractivity contribution in [2.24, 2.45) is 0 Å². The van der Waals surface area contributed by atoms with Crippen LogP contribution in [0.25, 0.3) is 0 Å². The van der Waals surface area contributed by atoms with Gasteiger partial charge in [0.15, 0.2) is 0 Å². The smallest absolute Gasteiger partial charge is 0.348 e. The first-order valence-corrected chi connectivity index (χ1v) is 5.62. The highest BCUT2D eigenvalue weighted by Crippen LogP contribution is 2.28. The second-order valence-corrected chi connectivity index (χ2v) is 4.70. The summed E-state index contributed by atoms with van der Waals surface area (Å²) < 4.78 is 49.4. The average molecular weight is 291 g/mol. The number of hydrogen-bond donors (Lipinski definition) is 2. The Kier molecular flexibility index (Phi) is 4.83. The third kappa shape index (κ3) is 3.06. The quantitative estimate of drug-likeness (QED) is 0.777. The molecule has 0 aliphatic carbocycles. The van der Waals surface area contributed by atoms with Gasteiger partial charge in [-0.2, -0.15) is 8.78 Å². The van der Waals surface area contributed by atoms with Crippen LogP contribution >= 0.6 is 12.4 Å². The van der Waals surface area contributed by atoms with E-state index in [0.717, 1.165) is 12.8 Å². The number of halogens is 5. The summed E-state index contributed by atoms with van der Waals surface area (Å²) in [5, 5.41) is 5.30. The van der Waals surface area contributed by atoms with Gasteiger partial charge in [0.2, 0.25) is 0 Å². The van der Waals surface area contributed by atoms with E-state index in [-0.39, 0.29) is 24.5 Å². The maximum Gasteiger partial charge on any atom is 0.383 e. The van der Waals surface area contributed by atoms with Crippen LogP contribution in [0.5, 0.6) is 0 Å². The number of piperidine rings is 1. The summed E-state index contributed by atoms with van der Waals surface area (Å²) >= 11 is 0. The summed E-state index contributed by atoms with van der Waals surface area (Å²) in [6.07, 6.45) is -1.01. The van der Waals surface area contributed by atoms with E-state index < -0.39 is 24.3 Å². The normalized spacial score (nSPS) is 31.1. The van der Waals surface area contributed by atoms with E-state index in [1.807, 2.05) is 5.32 Å². The fraction of sp³-hybridized carbons (Fsp3) is 0.900. The zero-order valence-corrected chi connectivity index (χ0v) is 10.3. The minimum Gasteiger partial charge on any atom is -0.348 e. The van der Waals surface area contributed by atoms with Crippen molar-refractivity contribution in [3.63, 3.8) is 0 Å². The maximum absolute atomic E-state index is 12.7. The van der Waals surface area contributed by atoms with E-state index in [9.17, 15) is 22.4 Å². The zero-order chi connectivity index (χ0) is 12.6. The SMILES string of the molecule is Cl.O=C(NC1CC2CCC(C1)N2)C(F)(F)C(F)F. The van der Waals surface area contributed by atoms with Gasteiger partial charge in [0.1, 0.15) is 0 Å². The highest BCUT2D eigenvalue weighted by Gasteiger charge is 2.50. The summed E-state index contributed by atoms with van der Waals surface area (Å²) in [5.41, 5.74) is 0. The molecule has 2 fully saturated rings. The first-order chi connectivity index (χ1) is 7.89. The molecule has 18 heavy (non-hydrogen) atoms. The highest BCUT2D eigenvalue weighted by atomic mass is 35.5. The molecule has 0 aromatic heterocycles. The number of carbonyl (C=O) groups excluding carboxylic acids is 1. The Morgan fingerprint density at radius 3 is 2.17 bits per heavy atom. The van der Waals surface area contributed by atoms with Crippen molar-refractivity contribution in [3.05, 3.63) is 0 Å². The molecule has 2 aliphatic heterocycles. The van der Waals surface area contributed by atoms with Crippen LogP contribution in [0.2, 0.25) is 0 Å². The van der Waals surface area contributed by atoms with Gasteiger partial charge in [-0.15, -0.1) is 12.4 Å². The lowest BCUT2D eigenvalue weighted by molar-refractivity contribution is -0.170. The van der Waals surface area contributed by atoms with Crippen molar-refractivity contribution in [1.29, 1.82) is 0 Å². The van der Waals surface area contributed by atoms with E-state index in [4.69, 9.17) is 0 Å². The molecule has 2 bridgehead atoms. The fourth-order valence-corrected chi connectivity index (χ4v) is 2.56. The van der Waals surface area contributed by atoms with Gasteiger partial charge in [0, 0.05) is 18.1 Å². The van der Waals surface area contributed by atoms with Gasteiger partial charge in [-0.05, 0) is 25.7 Å². The Hall–Kier alpha value is -0.560. The number of nitrogens with one attached hydrogen (secondary N) is 2. The standard InChI is InChI=1S/C10H14F4N2O.ClH/c11-8(12)10(13,14)9(17)16-7-3-5-1-2-6(4-7)15-5;/h5-8,15H,1-4H2,(H,16,17);1H. The number of rotatable bonds is 3.